The molecule has 0 heterocycles. The quantitative estimate of drug-likeness (QED) is 0.598. The van der Waals surface area contributed by atoms with Gasteiger partial charge in [-0.1, -0.05) is 6.07 Å². The Labute approximate surface area is 86.0 Å². The number of hydrogen-bond donors (Lipinski definition) is 1. The van der Waals surface area contributed by atoms with E-state index in [-0.39, 0.29) is 11.3 Å². The number of nitro benzene ring substituents is 1. The summed E-state index contributed by atoms with van der Waals surface area (Å²) < 4.78 is 0. The van der Waals surface area contributed by atoms with E-state index in [2.05, 4.69) is 10.3 Å². The number of aryl methyl sites for hydroxylation is 1. The van der Waals surface area contributed by atoms with Crippen molar-refractivity contribution in [3.05, 3.63) is 39.4 Å². The number of nitro groups is 1. The van der Waals surface area contributed by atoms with Gasteiger partial charge in [-0.05, 0) is 13.0 Å². The number of hydrogen-bond acceptors (Lipinski definition) is 5. The Morgan fingerprint density at radius 3 is 2.73 bits per heavy atom. The number of carbonyl (C=O) groups excluding carboxylic acids is 1. The summed E-state index contributed by atoms with van der Waals surface area (Å²) in [4.78, 5) is 25.8. The van der Waals surface area contributed by atoms with Gasteiger partial charge in [0.25, 0.3) is 5.69 Å². The third-order valence-electron chi connectivity index (χ3n) is 1.84. The van der Waals surface area contributed by atoms with E-state index in [0.29, 0.717) is 5.56 Å². The zero-order chi connectivity index (χ0) is 11.4. The van der Waals surface area contributed by atoms with Crippen LogP contribution in [0.15, 0.2) is 18.2 Å². The molecule has 0 aliphatic carbocycles. The van der Waals surface area contributed by atoms with E-state index < -0.39 is 10.9 Å². The first-order valence-electron chi connectivity index (χ1n) is 4.19. The number of nitrogens with zero attached hydrogens (tertiary/aromatic N) is 1. The molecule has 0 saturated carbocycles. The van der Waals surface area contributed by atoms with Crippen LogP contribution in [-0.2, 0) is 4.84 Å². The van der Waals surface area contributed by atoms with Gasteiger partial charge in [0.05, 0.1) is 10.5 Å². The summed E-state index contributed by atoms with van der Waals surface area (Å²) in [6.07, 6.45) is 0. The molecule has 6 heteroatoms. The fourth-order valence-electron chi connectivity index (χ4n) is 1.08. The molecule has 0 aliphatic heterocycles. The Morgan fingerprint density at radius 2 is 2.20 bits per heavy atom. The van der Waals surface area contributed by atoms with E-state index in [1.54, 1.807) is 6.92 Å². The van der Waals surface area contributed by atoms with Crippen LogP contribution in [0.3, 0.4) is 0 Å². The summed E-state index contributed by atoms with van der Waals surface area (Å²) in [5.74, 6) is -0.652. The highest BCUT2D eigenvalue weighted by molar-refractivity contribution is 5.90. The smallest absolute Gasteiger partial charge is 0.357 e. The number of benzene rings is 1. The van der Waals surface area contributed by atoms with Gasteiger partial charge in [-0.2, -0.15) is 5.48 Å². The molecule has 80 valence electrons. The molecular formula is C9H10N2O4. The molecule has 0 unspecified atom stereocenters. The van der Waals surface area contributed by atoms with Crippen LogP contribution in [0, 0.1) is 17.0 Å². The van der Waals surface area contributed by atoms with E-state index in [9.17, 15) is 14.9 Å². The van der Waals surface area contributed by atoms with Crippen molar-refractivity contribution in [1.82, 2.24) is 5.48 Å². The maximum atomic E-state index is 11.2. The lowest BCUT2D eigenvalue weighted by Gasteiger charge is -2.02. The fraction of sp³-hybridized carbons (Fsp3) is 0.222. The van der Waals surface area contributed by atoms with Crippen molar-refractivity contribution < 1.29 is 14.6 Å². The van der Waals surface area contributed by atoms with Gasteiger partial charge in [-0.15, -0.1) is 0 Å². The summed E-state index contributed by atoms with van der Waals surface area (Å²) in [5.41, 5.74) is 2.75. The summed E-state index contributed by atoms with van der Waals surface area (Å²) >= 11 is 0. The molecule has 0 amide bonds. The maximum absolute atomic E-state index is 11.2. The standard InChI is InChI=1S/C9H10N2O4/c1-6-3-4-7(9(12)15-10-2)5-8(6)11(13)14/h3-5,10H,1-2H3. The first-order valence-corrected chi connectivity index (χ1v) is 4.19. The highest BCUT2D eigenvalue weighted by Gasteiger charge is 2.15. The average Bonchev–Trinajstić information content (AvgIpc) is 2.18. The zero-order valence-electron chi connectivity index (χ0n) is 8.31. The second-order valence-electron chi connectivity index (χ2n) is 2.85. The van der Waals surface area contributed by atoms with Crippen LogP contribution in [0.2, 0.25) is 0 Å². The number of carbonyl (C=O) groups is 1. The topological polar surface area (TPSA) is 81.5 Å². The molecule has 15 heavy (non-hydrogen) atoms. The van der Waals surface area contributed by atoms with Crippen LogP contribution in [0.4, 0.5) is 5.69 Å². The molecular weight excluding hydrogens is 200 g/mol. The van der Waals surface area contributed by atoms with Crippen LogP contribution in [0.1, 0.15) is 15.9 Å². The van der Waals surface area contributed by atoms with Crippen molar-refractivity contribution in [2.75, 3.05) is 7.05 Å². The van der Waals surface area contributed by atoms with Gasteiger partial charge in [-0.25, -0.2) is 4.79 Å². The van der Waals surface area contributed by atoms with Gasteiger partial charge in [0.15, 0.2) is 0 Å². The van der Waals surface area contributed by atoms with Crippen LogP contribution in [0.5, 0.6) is 0 Å². The Kier molecular flexibility index (Phi) is 3.35. The Hall–Kier alpha value is -1.95. The molecule has 0 bridgehead atoms. The minimum absolute atomic E-state index is 0.0967. The minimum atomic E-state index is -0.652. The van der Waals surface area contributed by atoms with Gasteiger partial charge in [-0.3, -0.25) is 10.1 Å². The van der Waals surface area contributed by atoms with Crippen molar-refractivity contribution in [3.8, 4) is 0 Å². The van der Waals surface area contributed by atoms with E-state index in [0.717, 1.165) is 0 Å². The first-order chi connectivity index (χ1) is 7.06. The number of hydroxylamine groups is 1. The molecule has 1 aromatic rings. The van der Waals surface area contributed by atoms with Crippen LogP contribution in [0.25, 0.3) is 0 Å². The van der Waals surface area contributed by atoms with Crippen molar-refractivity contribution >= 4 is 11.7 Å². The number of rotatable bonds is 3. The number of nitrogens with one attached hydrogen (secondary N) is 1. The SMILES string of the molecule is CNOC(=O)c1ccc(C)c([N+](=O)[O-])c1. The monoisotopic (exact) mass is 210 g/mol. The lowest BCUT2D eigenvalue weighted by molar-refractivity contribution is -0.385. The van der Waals surface area contributed by atoms with Crippen molar-refractivity contribution in [2.24, 2.45) is 0 Å². The van der Waals surface area contributed by atoms with Gasteiger partial charge < -0.3 is 4.84 Å². The Bertz CT molecular complexity index is 403. The largest absolute Gasteiger partial charge is 0.367 e. The van der Waals surface area contributed by atoms with Crippen molar-refractivity contribution in [1.29, 1.82) is 0 Å². The zero-order valence-corrected chi connectivity index (χ0v) is 8.31. The third kappa shape index (κ3) is 2.50. The highest BCUT2D eigenvalue weighted by atomic mass is 16.7. The molecule has 1 aromatic carbocycles. The maximum Gasteiger partial charge on any atom is 0.357 e. The van der Waals surface area contributed by atoms with E-state index >= 15 is 0 Å². The average molecular weight is 210 g/mol. The molecule has 6 nitrogen and oxygen atoms in total. The molecule has 1 N–H and O–H groups in total. The Morgan fingerprint density at radius 1 is 1.53 bits per heavy atom. The van der Waals surface area contributed by atoms with E-state index in [1.807, 2.05) is 0 Å². The van der Waals surface area contributed by atoms with Gasteiger partial charge in [0.2, 0.25) is 0 Å². The van der Waals surface area contributed by atoms with E-state index in [4.69, 9.17) is 0 Å². The first kappa shape index (κ1) is 11.1. The minimum Gasteiger partial charge on any atom is -0.367 e. The molecule has 0 fully saturated rings. The molecule has 1 rings (SSSR count). The lowest BCUT2D eigenvalue weighted by atomic mass is 10.1. The molecule has 0 atom stereocenters. The van der Waals surface area contributed by atoms with Gasteiger partial charge >= 0.3 is 5.97 Å². The predicted octanol–water partition coefficient (Wildman–Crippen LogP) is 1.19. The summed E-state index contributed by atoms with van der Waals surface area (Å²) in [6.45, 7) is 1.60. The van der Waals surface area contributed by atoms with Crippen molar-refractivity contribution in [2.45, 2.75) is 6.92 Å². The fourth-order valence-corrected chi connectivity index (χ4v) is 1.08. The summed E-state index contributed by atoms with van der Waals surface area (Å²) in [7, 11) is 1.43. The second kappa shape index (κ2) is 4.52. The molecule has 0 radical (unpaired) electrons. The van der Waals surface area contributed by atoms with Gasteiger partial charge in [0, 0.05) is 18.7 Å². The van der Waals surface area contributed by atoms with Crippen LogP contribution < -0.4 is 5.48 Å². The van der Waals surface area contributed by atoms with Gasteiger partial charge in [0.1, 0.15) is 0 Å². The molecule has 0 spiro atoms. The highest BCUT2D eigenvalue weighted by Crippen LogP contribution is 2.19. The van der Waals surface area contributed by atoms with Crippen LogP contribution >= 0.6 is 0 Å². The normalized spacial score (nSPS) is 9.73. The Balaban J connectivity index is 3.07. The van der Waals surface area contributed by atoms with Crippen molar-refractivity contribution in [3.63, 3.8) is 0 Å². The third-order valence-corrected chi connectivity index (χ3v) is 1.84. The molecule has 0 saturated heterocycles. The van der Waals surface area contributed by atoms with Crippen LogP contribution in [-0.4, -0.2) is 17.9 Å². The second-order valence-corrected chi connectivity index (χ2v) is 2.85. The molecule has 0 aromatic heterocycles. The molecule has 0 aliphatic rings. The summed E-state index contributed by atoms with van der Waals surface area (Å²) in [6, 6.07) is 4.17. The summed E-state index contributed by atoms with van der Waals surface area (Å²) in [5, 5.41) is 10.6. The van der Waals surface area contributed by atoms with E-state index in [1.165, 1.54) is 25.2 Å². The predicted molar refractivity (Wildman–Crippen MR) is 52.3 cm³/mol. The lowest BCUT2D eigenvalue weighted by Crippen LogP contribution is -2.15.